The lowest BCUT2D eigenvalue weighted by Gasteiger charge is -2.24. The van der Waals surface area contributed by atoms with Crippen molar-refractivity contribution in [3.8, 4) is 0 Å². The summed E-state index contributed by atoms with van der Waals surface area (Å²) in [4.78, 5) is 2.51. The van der Waals surface area contributed by atoms with Crippen molar-refractivity contribution in [1.29, 1.82) is 0 Å². The standard InChI is InChI=1S/C15H26N2/c1-13(2)11-17(9-5-8-16)12-15-7-4-6-14(3)10-15/h4,6-7,10,13H,5,8-9,11-12,16H2,1-3H3. The van der Waals surface area contributed by atoms with E-state index in [4.69, 9.17) is 5.73 Å². The summed E-state index contributed by atoms with van der Waals surface area (Å²) in [6.45, 7) is 10.8. The van der Waals surface area contributed by atoms with Crippen LogP contribution in [-0.2, 0) is 6.54 Å². The lowest BCUT2D eigenvalue weighted by atomic mass is 10.1. The first-order valence-corrected chi connectivity index (χ1v) is 6.59. The van der Waals surface area contributed by atoms with Crippen LogP contribution in [0.25, 0.3) is 0 Å². The minimum absolute atomic E-state index is 0.706. The number of aryl methyl sites for hydroxylation is 1. The molecule has 1 aromatic carbocycles. The highest BCUT2D eigenvalue weighted by molar-refractivity contribution is 5.22. The predicted molar refractivity (Wildman–Crippen MR) is 75.0 cm³/mol. The van der Waals surface area contributed by atoms with Crippen molar-refractivity contribution in [2.75, 3.05) is 19.6 Å². The normalized spacial score (nSPS) is 11.4. The van der Waals surface area contributed by atoms with Crippen LogP contribution in [0.3, 0.4) is 0 Å². The zero-order chi connectivity index (χ0) is 12.7. The summed E-state index contributed by atoms with van der Waals surface area (Å²) in [5.74, 6) is 0.706. The Kier molecular flexibility index (Phi) is 6.23. The summed E-state index contributed by atoms with van der Waals surface area (Å²) >= 11 is 0. The monoisotopic (exact) mass is 234 g/mol. The molecule has 0 saturated heterocycles. The van der Waals surface area contributed by atoms with Gasteiger partial charge in [-0.3, -0.25) is 4.90 Å². The van der Waals surface area contributed by atoms with E-state index in [9.17, 15) is 0 Å². The second-order valence-electron chi connectivity index (χ2n) is 5.26. The topological polar surface area (TPSA) is 29.3 Å². The second-order valence-corrected chi connectivity index (χ2v) is 5.26. The minimum Gasteiger partial charge on any atom is -0.330 e. The number of rotatable bonds is 7. The van der Waals surface area contributed by atoms with E-state index in [0.29, 0.717) is 5.92 Å². The largest absolute Gasteiger partial charge is 0.330 e. The summed E-state index contributed by atoms with van der Waals surface area (Å²) in [5, 5.41) is 0. The first kappa shape index (κ1) is 14.2. The van der Waals surface area contributed by atoms with Gasteiger partial charge in [-0.2, -0.15) is 0 Å². The summed E-state index contributed by atoms with van der Waals surface area (Å²) in [7, 11) is 0. The van der Waals surface area contributed by atoms with Crippen molar-refractivity contribution in [3.63, 3.8) is 0 Å². The fraction of sp³-hybridized carbons (Fsp3) is 0.600. The maximum atomic E-state index is 5.60. The molecule has 0 aromatic heterocycles. The Morgan fingerprint density at radius 3 is 2.65 bits per heavy atom. The molecule has 1 rings (SSSR count). The lowest BCUT2D eigenvalue weighted by Crippen LogP contribution is -2.29. The predicted octanol–water partition coefficient (Wildman–Crippen LogP) is 2.80. The van der Waals surface area contributed by atoms with E-state index < -0.39 is 0 Å². The van der Waals surface area contributed by atoms with Crippen LogP contribution in [0.2, 0.25) is 0 Å². The maximum Gasteiger partial charge on any atom is 0.0233 e. The molecule has 0 unspecified atom stereocenters. The van der Waals surface area contributed by atoms with E-state index in [1.54, 1.807) is 0 Å². The van der Waals surface area contributed by atoms with Gasteiger partial charge in [0.2, 0.25) is 0 Å². The molecule has 96 valence electrons. The summed E-state index contributed by atoms with van der Waals surface area (Å²) in [5.41, 5.74) is 8.34. The van der Waals surface area contributed by atoms with E-state index in [2.05, 4.69) is 49.9 Å². The molecule has 0 aliphatic rings. The molecule has 0 spiro atoms. The van der Waals surface area contributed by atoms with Crippen LogP contribution in [0.1, 0.15) is 31.4 Å². The van der Waals surface area contributed by atoms with Gasteiger partial charge in [0.25, 0.3) is 0 Å². The van der Waals surface area contributed by atoms with Crippen molar-refractivity contribution in [2.45, 2.75) is 33.7 Å². The van der Waals surface area contributed by atoms with Crippen LogP contribution in [0.4, 0.5) is 0 Å². The maximum absolute atomic E-state index is 5.60. The Morgan fingerprint density at radius 2 is 2.06 bits per heavy atom. The van der Waals surface area contributed by atoms with Crippen LogP contribution < -0.4 is 5.73 Å². The average Bonchev–Trinajstić information content (AvgIpc) is 2.25. The quantitative estimate of drug-likeness (QED) is 0.786. The molecule has 0 aliphatic carbocycles. The van der Waals surface area contributed by atoms with Gasteiger partial charge >= 0.3 is 0 Å². The van der Waals surface area contributed by atoms with Crippen LogP contribution in [0.15, 0.2) is 24.3 Å². The zero-order valence-electron chi connectivity index (χ0n) is 11.4. The Balaban J connectivity index is 2.58. The van der Waals surface area contributed by atoms with Gasteiger partial charge in [-0.1, -0.05) is 43.7 Å². The van der Waals surface area contributed by atoms with Crippen molar-refractivity contribution in [2.24, 2.45) is 11.7 Å². The third-order valence-electron chi connectivity index (χ3n) is 2.79. The fourth-order valence-electron chi connectivity index (χ4n) is 2.13. The minimum atomic E-state index is 0.706. The SMILES string of the molecule is Cc1cccc(CN(CCCN)CC(C)C)c1. The molecule has 2 nitrogen and oxygen atoms in total. The molecule has 0 fully saturated rings. The molecule has 17 heavy (non-hydrogen) atoms. The first-order valence-electron chi connectivity index (χ1n) is 6.59. The Hall–Kier alpha value is -0.860. The Bertz CT molecular complexity index is 320. The molecule has 2 N–H and O–H groups in total. The van der Waals surface area contributed by atoms with E-state index in [1.807, 2.05) is 0 Å². The number of nitrogens with zero attached hydrogens (tertiary/aromatic N) is 1. The van der Waals surface area contributed by atoms with E-state index in [1.165, 1.54) is 11.1 Å². The molecule has 0 radical (unpaired) electrons. The molecular formula is C15H26N2. The second kappa shape index (κ2) is 7.46. The van der Waals surface area contributed by atoms with Crippen molar-refractivity contribution < 1.29 is 0 Å². The highest BCUT2D eigenvalue weighted by Crippen LogP contribution is 2.10. The molecule has 0 saturated carbocycles. The van der Waals surface area contributed by atoms with Crippen LogP contribution in [0.5, 0.6) is 0 Å². The van der Waals surface area contributed by atoms with Crippen LogP contribution >= 0.6 is 0 Å². The van der Waals surface area contributed by atoms with Crippen LogP contribution in [0, 0.1) is 12.8 Å². The molecule has 0 aliphatic heterocycles. The first-order chi connectivity index (χ1) is 8.11. The molecule has 0 atom stereocenters. The Labute approximate surface area is 106 Å². The molecule has 1 aromatic rings. The van der Waals surface area contributed by atoms with Gasteiger partial charge in [-0.05, 0) is 37.9 Å². The summed E-state index contributed by atoms with van der Waals surface area (Å²) in [6, 6.07) is 8.77. The van der Waals surface area contributed by atoms with E-state index in [0.717, 1.165) is 32.6 Å². The molecule has 0 amide bonds. The Morgan fingerprint density at radius 1 is 1.29 bits per heavy atom. The third-order valence-corrected chi connectivity index (χ3v) is 2.79. The van der Waals surface area contributed by atoms with E-state index in [-0.39, 0.29) is 0 Å². The fourth-order valence-corrected chi connectivity index (χ4v) is 2.13. The third kappa shape index (κ3) is 5.85. The number of hydrogen-bond donors (Lipinski definition) is 1. The zero-order valence-corrected chi connectivity index (χ0v) is 11.4. The van der Waals surface area contributed by atoms with Gasteiger partial charge in [0.1, 0.15) is 0 Å². The number of hydrogen-bond acceptors (Lipinski definition) is 2. The van der Waals surface area contributed by atoms with Crippen molar-refractivity contribution >= 4 is 0 Å². The van der Waals surface area contributed by atoms with Gasteiger partial charge in [0, 0.05) is 13.1 Å². The van der Waals surface area contributed by atoms with E-state index >= 15 is 0 Å². The highest BCUT2D eigenvalue weighted by Gasteiger charge is 2.07. The van der Waals surface area contributed by atoms with Gasteiger partial charge < -0.3 is 5.73 Å². The summed E-state index contributed by atoms with van der Waals surface area (Å²) < 4.78 is 0. The van der Waals surface area contributed by atoms with Crippen molar-refractivity contribution in [3.05, 3.63) is 35.4 Å². The smallest absolute Gasteiger partial charge is 0.0233 e. The van der Waals surface area contributed by atoms with Gasteiger partial charge in [0.15, 0.2) is 0 Å². The van der Waals surface area contributed by atoms with Gasteiger partial charge in [-0.25, -0.2) is 0 Å². The average molecular weight is 234 g/mol. The molecule has 0 bridgehead atoms. The van der Waals surface area contributed by atoms with Crippen LogP contribution in [-0.4, -0.2) is 24.5 Å². The van der Waals surface area contributed by atoms with Gasteiger partial charge in [-0.15, -0.1) is 0 Å². The highest BCUT2D eigenvalue weighted by atomic mass is 15.1. The molecular weight excluding hydrogens is 208 g/mol. The summed E-state index contributed by atoms with van der Waals surface area (Å²) in [6.07, 6.45) is 1.08. The number of benzene rings is 1. The lowest BCUT2D eigenvalue weighted by molar-refractivity contribution is 0.234. The van der Waals surface area contributed by atoms with Crippen molar-refractivity contribution in [1.82, 2.24) is 4.90 Å². The molecule has 2 heteroatoms. The molecule has 0 heterocycles. The number of nitrogens with two attached hydrogens (primary N) is 1. The van der Waals surface area contributed by atoms with Gasteiger partial charge in [0.05, 0.1) is 0 Å².